The molecule has 0 aromatic carbocycles. The Labute approximate surface area is 310 Å². The van der Waals surface area contributed by atoms with E-state index >= 15 is 0 Å². The molecule has 0 bridgehead atoms. The highest BCUT2D eigenvalue weighted by molar-refractivity contribution is 7.47. The van der Waals surface area contributed by atoms with E-state index in [0.29, 0.717) is 12.8 Å². The lowest BCUT2D eigenvalue weighted by atomic mass is 10.0. The highest BCUT2D eigenvalue weighted by Crippen LogP contribution is 2.42. The first kappa shape index (κ1) is 48.7. The lowest BCUT2D eigenvalue weighted by Gasteiger charge is -2.15. The van der Waals surface area contributed by atoms with E-state index in [4.69, 9.17) is 13.8 Å². The summed E-state index contributed by atoms with van der Waals surface area (Å²) in [6.45, 7) is 3.36. The predicted octanol–water partition coefficient (Wildman–Crippen LogP) is 10.5. The number of ether oxygens (including phenoxy) is 1. The number of allylic oxidation sites excluding steroid dienone is 10. The van der Waals surface area contributed by atoms with Crippen LogP contribution >= 0.6 is 7.82 Å². The molecule has 0 aliphatic rings. The van der Waals surface area contributed by atoms with Gasteiger partial charge >= 0.3 is 13.8 Å². The standard InChI is InChI=1S/C41H72NO8P/c1-3-5-7-9-11-13-15-17-18-19-20-22-24-26-28-30-32-34-41(45)48-37-39(43)38-50-51(46,47)49-36-35-42-40(44)33-31-29-27-25-23-21-16-14-12-10-8-6-4-2/h5,7,11,13,17-18,20,22,26,28,39,43H,3-4,6,8-10,12,14-16,19,21,23-25,27,29-38H2,1-2H3,(H,42,44)(H,46,47)/b7-5-,13-11-,18-17-,22-20-,28-26-. The van der Waals surface area contributed by atoms with Crippen molar-refractivity contribution in [2.45, 2.75) is 161 Å². The molecule has 0 aromatic rings. The fourth-order valence-electron chi connectivity index (χ4n) is 5.00. The maximum atomic E-state index is 12.1. The number of aliphatic hydroxyl groups is 1. The SMILES string of the molecule is CC/C=C\C/C=C\C/C=C\C/C=C\C/C=C\CCCC(=O)OCC(O)COP(=O)(O)OCCNC(=O)CCCCCCCCCCCCCCC. The minimum absolute atomic E-state index is 0.0744. The Hall–Kier alpha value is -2.29. The highest BCUT2D eigenvalue weighted by atomic mass is 31.2. The van der Waals surface area contributed by atoms with Gasteiger partial charge in [-0.3, -0.25) is 18.6 Å². The van der Waals surface area contributed by atoms with E-state index < -0.39 is 26.5 Å². The van der Waals surface area contributed by atoms with Crippen LogP contribution in [-0.2, 0) is 27.9 Å². The van der Waals surface area contributed by atoms with E-state index in [2.05, 4.69) is 73.8 Å². The highest BCUT2D eigenvalue weighted by Gasteiger charge is 2.23. The molecule has 0 saturated carbocycles. The summed E-state index contributed by atoms with van der Waals surface area (Å²) in [6, 6.07) is 0. The molecule has 10 heteroatoms. The van der Waals surface area contributed by atoms with Gasteiger partial charge in [-0.2, -0.15) is 0 Å². The van der Waals surface area contributed by atoms with Crippen LogP contribution in [0.5, 0.6) is 0 Å². The molecule has 0 aliphatic carbocycles. The monoisotopic (exact) mass is 737 g/mol. The van der Waals surface area contributed by atoms with Crippen molar-refractivity contribution in [3.8, 4) is 0 Å². The van der Waals surface area contributed by atoms with Crippen LogP contribution in [0.4, 0.5) is 0 Å². The van der Waals surface area contributed by atoms with Crippen LogP contribution in [0, 0.1) is 0 Å². The summed E-state index contributed by atoms with van der Waals surface area (Å²) in [4.78, 5) is 33.8. The van der Waals surface area contributed by atoms with Gasteiger partial charge < -0.3 is 20.1 Å². The molecule has 3 N–H and O–H groups in total. The number of esters is 1. The third-order valence-electron chi connectivity index (χ3n) is 7.96. The molecule has 294 valence electrons. The average molecular weight is 738 g/mol. The minimum atomic E-state index is -4.42. The van der Waals surface area contributed by atoms with Crippen LogP contribution in [0.1, 0.15) is 155 Å². The molecule has 0 radical (unpaired) electrons. The molecule has 2 unspecified atom stereocenters. The number of rotatable bonds is 36. The molecule has 0 saturated heterocycles. The first-order chi connectivity index (χ1) is 24.8. The average Bonchev–Trinajstić information content (AvgIpc) is 3.11. The second-order valence-corrected chi connectivity index (χ2v) is 14.3. The number of carbonyl (C=O) groups is 2. The third-order valence-corrected chi connectivity index (χ3v) is 8.95. The zero-order chi connectivity index (χ0) is 37.5. The Balaban J connectivity index is 3.72. The van der Waals surface area contributed by atoms with Gasteiger partial charge in [-0.1, -0.05) is 152 Å². The number of hydrogen-bond acceptors (Lipinski definition) is 7. The molecule has 0 spiro atoms. The maximum absolute atomic E-state index is 12.1. The van der Waals surface area contributed by atoms with Gasteiger partial charge in [-0.15, -0.1) is 0 Å². The number of unbranched alkanes of at least 4 members (excludes halogenated alkanes) is 13. The van der Waals surface area contributed by atoms with Gasteiger partial charge in [-0.05, 0) is 51.4 Å². The molecule has 0 rings (SSSR count). The molecule has 0 aromatic heterocycles. The second-order valence-electron chi connectivity index (χ2n) is 12.9. The van der Waals surface area contributed by atoms with Gasteiger partial charge in [0.15, 0.2) is 0 Å². The predicted molar refractivity (Wildman–Crippen MR) is 210 cm³/mol. The summed E-state index contributed by atoms with van der Waals surface area (Å²) in [5.41, 5.74) is 0. The number of carbonyl (C=O) groups excluding carboxylic acids is 2. The lowest BCUT2D eigenvalue weighted by Crippen LogP contribution is -2.27. The van der Waals surface area contributed by atoms with Crippen LogP contribution in [-0.4, -0.2) is 54.3 Å². The number of hydrogen-bond donors (Lipinski definition) is 3. The van der Waals surface area contributed by atoms with Crippen LogP contribution < -0.4 is 5.32 Å². The topological polar surface area (TPSA) is 131 Å². The molecular weight excluding hydrogens is 665 g/mol. The van der Waals surface area contributed by atoms with E-state index in [0.717, 1.165) is 57.8 Å². The van der Waals surface area contributed by atoms with Gasteiger partial charge in [0.05, 0.1) is 13.2 Å². The Bertz CT molecular complexity index is 1020. The van der Waals surface area contributed by atoms with Gasteiger partial charge in [0, 0.05) is 19.4 Å². The van der Waals surface area contributed by atoms with Crippen LogP contribution in [0.2, 0.25) is 0 Å². The first-order valence-electron chi connectivity index (χ1n) is 19.8. The normalized spacial score (nSPS) is 14.0. The molecule has 0 fully saturated rings. The van der Waals surface area contributed by atoms with Gasteiger partial charge in [-0.25, -0.2) is 4.57 Å². The van der Waals surface area contributed by atoms with Crippen molar-refractivity contribution in [2.75, 3.05) is 26.4 Å². The zero-order valence-corrected chi connectivity index (χ0v) is 32.9. The van der Waals surface area contributed by atoms with Crippen molar-refractivity contribution in [2.24, 2.45) is 0 Å². The van der Waals surface area contributed by atoms with Gasteiger partial charge in [0.2, 0.25) is 5.91 Å². The third kappa shape index (κ3) is 38.8. The first-order valence-corrected chi connectivity index (χ1v) is 21.3. The summed E-state index contributed by atoms with van der Waals surface area (Å²) in [7, 11) is -4.42. The van der Waals surface area contributed by atoms with Crippen LogP contribution in [0.15, 0.2) is 60.8 Å². The van der Waals surface area contributed by atoms with E-state index in [1.54, 1.807) is 0 Å². The van der Waals surface area contributed by atoms with E-state index in [9.17, 15) is 24.2 Å². The Morgan fingerprint density at radius 3 is 1.65 bits per heavy atom. The largest absolute Gasteiger partial charge is 0.472 e. The van der Waals surface area contributed by atoms with Crippen molar-refractivity contribution >= 4 is 19.7 Å². The van der Waals surface area contributed by atoms with Crippen molar-refractivity contribution < 1.29 is 37.9 Å². The minimum Gasteiger partial charge on any atom is -0.463 e. The van der Waals surface area contributed by atoms with E-state index in [1.807, 2.05) is 6.08 Å². The summed E-state index contributed by atoms with van der Waals surface area (Å²) in [5.74, 6) is -0.579. The summed E-state index contributed by atoms with van der Waals surface area (Å²) in [5, 5.41) is 12.6. The van der Waals surface area contributed by atoms with Crippen LogP contribution in [0.25, 0.3) is 0 Å². The Morgan fingerprint density at radius 2 is 1.12 bits per heavy atom. The number of phosphoric ester groups is 1. The molecule has 0 aliphatic heterocycles. The van der Waals surface area contributed by atoms with Gasteiger partial charge in [0.1, 0.15) is 12.7 Å². The van der Waals surface area contributed by atoms with Crippen molar-refractivity contribution in [1.29, 1.82) is 0 Å². The molecule has 1 amide bonds. The quantitative estimate of drug-likeness (QED) is 0.0251. The van der Waals surface area contributed by atoms with Gasteiger partial charge in [0.25, 0.3) is 0 Å². The van der Waals surface area contributed by atoms with E-state index in [1.165, 1.54) is 64.2 Å². The van der Waals surface area contributed by atoms with Crippen molar-refractivity contribution in [3.05, 3.63) is 60.8 Å². The fraction of sp³-hybridized carbons (Fsp3) is 0.707. The second kappa shape index (κ2) is 37.5. The maximum Gasteiger partial charge on any atom is 0.472 e. The van der Waals surface area contributed by atoms with Crippen LogP contribution in [0.3, 0.4) is 0 Å². The number of nitrogens with one attached hydrogen (secondary N) is 1. The molecule has 0 heterocycles. The Morgan fingerprint density at radius 1 is 0.627 bits per heavy atom. The summed E-state index contributed by atoms with van der Waals surface area (Å²) < 4.78 is 26.7. The molecule has 2 atom stereocenters. The number of amides is 1. The van der Waals surface area contributed by atoms with Crippen molar-refractivity contribution in [1.82, 2.24) is 5.32 Å². The summed E-state index contributed by atoms with van der Waals surface area (Å²) in [6.07, 6.45) is 43.0. The fourth-order valence-corrected chi connectivity index (χ4v) is 5.76. The van der Waals surface area contributed by atoms with E-state index in [-0.39, 0.29) is 32.1 Å². The smallest absolute Gasteiger partial charge is 0.463 e. The number of aliphatic hydroxyl groups excluding tert-OH is 1. The lowest BCUT2D eigenvalue weighted by molar-refractivity contribution is -0.147. The Kier molecular flexibility index (Phi) is 35.8. The molecule has 9 nitrogen and oxygen atoms in total. The number of phosphoric acid groups is 1. The molecular formula is C41H72NO8P. The van der Waals surface area contributed by atoms with Crippen molar-refractivity contribution in [3.63, 3.8) is 0 Å². The molecule has 51 heavy (non-hydrogen) atoms. The zero-order valence-electron chi connectivity index (χ0n) is 32.0. The summed E-state index contributed by atoms with van der Waals surface area (Å²) >= 11 is 0.